The summed E-state index contributed by atoms with van der Waals surface area (Å²) in [5, 5.41) is 0. The van der Waals surface area contributed by atoms with Crippen LogP contribution in [0.1, 0.15) is 51.5 Å². The molecule has 0 radical (unpaired) electrons. The van der Waals surface area contributed by atoms with E-state index in [1.807, 2.05) is 26.2 Å². The average Bonchev–Trinajstić information content (AvgIpc) is 3.20. The van der Waals surface area contributed by atoms with Crippen LogP contribution in [-0.4, -0.2) is 23.6 Å². The standard InChI is InChI=1S/C21H25NO3.C2H6/c23-19-6-13-22(14-7-19)15-12-20(18-4-2-1-3-5-18)8-10-21(11-9-20)24-16-17-25-21;1-2/h1-7,13-14H,8-12,15-17H2;1-2H3. The Bertz CT molecular complexity index is 732. The van der Waals surface area contributed by atoms with Gasteiger partial charge < -0.3 is 14.0 Å². The second-order valence-electron chi connectivity index (χ2n) is 7.28. The molecular formula is C23H31NO3. The van der Waals surface area contributed by atoms with Gasteiger partial charge in [-0.15, -0.1) is 0 Å². The fourth-order valence-electron chi connectivity index (χ4n) is 4.31. The first kappa shape index (κ1) is 19.8. The lowest BCUT2D eigenvalue weighted by Gasteiger charge is -2.44. The first-order valence-electron chi connectivity index (χ1n) is 10.2. The van der Waals surface area contributed by atoms with E-state index in [-0.39, 0.29) is 16.6 Å². The smallest absolute Gasteiger partial charge is 0.181 e. The van der Waals surface area contributed by atoms with Crippen molar-refractivity contribution in [2.45, 2.75) is 63.7 Å². The molecule has 1 aliphatic carbocycles. The summed E-state index contributed by atoms with van der Waals surface area (Å²) in [7, 11) is 0. The van der Waals surface area contributed by atoms with Crippen LogP contribution in [-0.2, 0) is 21.4 Å². The highest BCUT2D eigenvalue weighted by molar-refractivity contribution is 5.26. The Kier molecular flexibility index (Phi) is 6.51. The average molecular weight is 370 g/mol. The Morgan fingerprint density at radius 1 is 0.889 bits per heavy atom. The van der Waals surface area contributed by atoms with E-state index in [4.69, 9.17) is 9.47 Å². The van der Waals surface area contributed by atoms with E-state index in [0.717, 1.165) is 51.9 Å². The molecular weight excluding hydrogens is 338 g/mol. The summed E-state index contributed by atoms with van der Waals surface area (Å²) in [5.41, 5.74) is 1.61. The van der Waals surface area contributed by atoms with Gasteiger partial charge >= 0.3 is 0 Å². The fraction of sp³-hybridized carbons (Fsp3) is 0.522. The molecule has 1 aromatic heterocycles. The topological polar surface area (TPSA) is 40.5 Å². The van der Waals surface area contributed by atoms with Gasteiger partial charge in [-0.25, -0.2) is 0 Å². The molecule has 4 rings (SSSR count). The van der Waals surface area contributed by atoms with Crippen molar-refractivity contribution < 1.29 is 9.47 Å². The van der Waals surface area contributed by atoms with Gasteiger partial charge in [0, 0.05) is 43.9 Å². The number of aryl methyl sites for hydroxylation is 1. The number of rotatable bonds is 4. The predicted molar refractivity (Wildman–Crippen MR) is 108 cm³/mol. The normalized spacial score (nSPS) is 20.1. The van der Waals surface area contributed by atoms with Crippen LogP contribution in [0.2, 0.25) is 0 Å². The molecule has 2 heterocycles. The molecule has 4 nitrogen and oxygen atoms in total. The summed E-state index contributed by atoms with van der Waals surface area (Å²) < 4.78 is 14.0. The van der Waals surface area contributed by atoms with Crippen molar-refractivity contribution in [1.29, 1.82) is 0 Å². The van der Waals surface area contributed by atoms with Crippen LogP contribution in [0, 0.1) is 0 Å². The number of aromatic nitrogens is 1. The first-order valence-corrected chi connectivity index (χ1v) is 10.2. The summed E-state index contributed by atoms with van der Waals surface area (Å²) in [6, 6.07) is 14.1. The molecule has 0 bridgehead atoms. The van der Waals surface area contributed by atoms with Crippen molar-refractivity contribution in [3.05, 3.63) is 70.6 Å². The molecule has 1 aromatic carbocycles. The molecule has 0 atom stereocenters. The lowest BCUT2D eigenvalue weighted by Crippen LogP contribution is -2.42. The highest BCUT2D eigenvalue weighted by Gasteiger charge is 2.46. The molecule has 1 saturated heterocycles. The number of ether oxygens (including phenoxy) is 2. The maximum atomic E-state index is 11.3. The molecule has 2 aliphatic rings. The molecule has 4 heteroatoms. The van der Waals surface area contributed by atoms with Gasteiger partial charge in [0.15, 0.2) is 11.2 Å². The minimum absolute atomic E-state index is 0.0594. The third-order valence-electron chi connectivity index (χ3n) is 5.88. The Hall–Kier alpha value is -1.91. The van der Waals surface area contributed by atoms with Crippen molar-refractivity contribution in [3.8, 4) is 0 Å². The zero-order valence-corrected chi connectivity index (χ0v) is 16.5. The van der Waals surface area contributed by atoms with Gasteiger partial charge in [-0.1, -0.05) is 44.2 Å². The lowest BCUT2D eigenvalue weighted by molar-refractivity contribution is -0.185. The number of hydrogen-bond acceptors (Lipinski definition) is 3. The van der Waals surface area contributed by atoms with E-state index in [9.17, 15) is 4.79 Å². The van der Waals surface area contributed by atoms with Crippen LogP contribution in [0.25, 0.3) is 0 Å². The van der Waals surface area contributed by atoms with E-state index >= 15 is 0 Å². The molecule has 0 amide bonds. The van der Waals surface area contributed by atoms with E-state index in [1.54, 1.807) is 12.1 Å². The molecule has 27 heavy (non-hydrogen) atoms. The van der Waals surface area contributed by atoms with Crippen LogP contribution < -0.4 is 5.43 Å². The molecule has 0 unspecified atom stereocenters. The second-order valence-corrected chi connectivity index (χ2v) is 7.28. The molecule has 1 aliphatic heterocycles. The number of benzene rings is 1. The summed E-state index contributed by atoms with van der Waals surface area (Å²) in [6.07, 6.45) is 8.85. The number of hydrogen-bond donors (Lipinski definition) is 0. The van der Waals surface area contributed by atoms with Gasteiger partial charge in [0.2, 0.25) is 0 Å². The van der Waals surface area contributed by atoms with Crippen LogP contribution in [0.5, 0.6) is 0 Å². The highest BCUT2D eigenvalue weighted by atomic mass is 16.7. The third kappa shape index (κ3) is 4.50. The van der Waals surface area contributed by atoms with Crippen molar-refractivity contribution in [2.75, 3.05) is 13.2 Å². The van der Waals surface area contributed by atoms with Crippen LogP contribution >= 0.6 is 0 Å². The van der Waals surface area contributed by atoms with Gasteiger partial charge in [-0.05, 0) is 30.2 Å². The Morgan fingerprint density at radius 2 is 1.48 bits per heavy atom. The largest absolute Gasteiger partial charge is 0.354 e. The number of nitrogens with zero attached hydrogens (tertiary/aromatic N) is 1. The van der Waals surface area contributed by atoms with Crippen molar-refractivity contribution >= 4 is 0 Å². The minimum atomic E-state index is -0.338. The Morgan fingerprint density at radius 3 is 2.07 bits per heavy atom. The SMILES string of the molecule is CC.O=c1ccn(CCC2(c3ccccc3)CCC3(CC2)OCCO3)cc1. The second kappa shape index (κ2) is 8.85. The van der Waals surface area contributed by atoms with Gasteiger partial charge in [0.1, 0.15) is 0 Å². The molecule has 146 valence electrons. The van der Waals surface area contributed by atoms with Crippen molar-refractivity contribution in [1.82, 2.24) is 4.57 Å². The highest BCUT2D eigenvalue weighted by Crippen LogP contribution is 2.48. The van der Waals surface area contributed by atoms with Gasteiger partial charge in [0.05, 0.1) is 13.2 Å². The Labute approximate surface area is 162 Å². The van der Waals surface area contributed by atoms with Crippen molar-refractivity contribution in [2.24, 2.45) is 0 Å². The fourth-order valence-corrected chi connectivity index (χ4v) is 4.31. The third-order valence-corrected chi connectivity index (χ3v) is 5.88. The molecule has 0 N–H and O–H groups in total. The van der Waals surface area contributed by atoms with Gasteiger partial charge in [0.25, 0.3) is 0 Å². The Balaban J connectivity index is 0.00000102. The summed E-state index contributed by atoms with van der Waals surface area (Å²) >= 11 is 0. The number of pyridine rings is 1. The zero-order valence-electron chi connectivity index (χ0n) is 16.5. The predicted octanol–water partition coefficient (Wildman–Crippen LogP) is 4.52. The minimum Gasteiger partial charge on any atom is -0.354 e. The van der Waals surface area contributed by atoms with E-state index in [2.05, 4.69) is 34.9 Å². The summed E-state index contributed by atoms with van der Waals surface area (Å²) in [4.78, 5) is 11.3. The van der Waals surface area contributed by atoms with Gasteiger partial charge in [-0.3, -0.25) is 4.79 Å². The quantitative estimate of drug-likeness (QED) is 0.795. The van der Waals surface area contributed by atoms with Crippen LogP contribution in [0.3, 0.4) is 0 Å². The van der Waals surface area contributed by atoms with E-state index in [1.165, 1.54) is 5.56 Å². The van der Waals surface area contributed by atoms with E-state index in [0.29, 0.717) is 0 Å². The molecule has 1 spiro atoms. The lowest BCUT2D eigenvalue weighted by atomic mass is 9.66. The van der Waals surface area contributed by atoms with Crippen LogP contribution in [0.4, 0.5) is 0 Å². The zero-order chi connectivity index (χ0) is 19.2. The maximum absolute atomic E-state index is 11.3. The monoisotopic (exact) mass is 369 g/mol. The summed E-state index contributed by atoms with van der Waals surface area (Å²) in [6.45, 7) is 6.34. The molecule has 2 fully saturated rings. The summed E-state index contributed by atoms with van der Waals surface area (Å²) in [5.74, 6) is -0.338. The van der Waals surface area contributed by atoms with Gasteiger partial charge in [-0.2, -0.15) is 0 Å². The first-order chi connectivity index (χ1) is 13.2. The molecule has 1 saturated carbocycles. The van der Waals surface area contributed by atoms with E-state index < -0.39 is 0 Å². The van der Waals surface area contributed by atoms with Crippen molar-refractivity contribution in [3.63, 3.8) is 0 Å². The maximum Gasteiger partial charge on any atom is 0.181 e. The van der Waals surface area contributed by atoms with Crippen LogP contribution in [0.15, 0.2) is 59.7 Å². The molecule has 2 aromatic rings.